The molecule has 1 heterocycles. The molecule has 1 aliphatic heterocycles. The molecule has 1 aliphatic carbocycles. The third-order valence-corrected chi connectivity index (χ3v) is 4.00. The Balaban J connectivity index is 2.04. The van der Waals surface area contributed by atoms with Crippen LogP contribution >= 0.6 is 0 Å². The lowest BCUT2D eigenvalue weighted by molar-refractivity contribution is -0.132. The van der Waals surface area contributed by atoms with Crippen LogP contribution in [0.15, 0.2) is 0 Å². The molecule has 86 valence electrons. The largest absolute Gasteiger partial charge is 0.396 e. The van der Waals surface area contributed by atoms with Gasteiger partial charge in [-0.15, -0.1) is 0 Å². The van der Waals surface area contributed by atoms with Gasteiger partial charge in [0.15, 0.2) is 0 Å². The minimum absolute atomic E-state index is 0.185. The van der Waals surface area contributed by atoms with Gasteiger partial charge < -0.3 is 10.0 Å². The highest BCUT2D eigenvalue weighted by molar-refractivity contribution is 5.79. The van der Waals surface area contributed by atoms with Crippen molar-refractivity contribution in [3.05, 3.63) is 0 Å². The number of hydrogen-bond donors (Lipinski definition) is 1. The molecule has 0 unspecified atom stereocenters. The van der Waals surface area contributed by atoms with E-state index in [1.807, 2.05) is 0 Å². The molecule has 3 nitrogen and oxygen atoms in total. The first-order valence-corrected chi connectivity index (χ1v) is 6.20. The Labute approximate surface area is 91.5 Å². The van der Waals surface area contributed by atoms with Crippen LogP contribution in [0, 0.1) is 0 Å². The van der Waals surface area contributed by atoms with Crippen molar-refractivity contribution < 1.29 is 9.90 Å². The average Bonchev–Trinajstić information content (AvgIpc) is 2.55. The number of rotatable bonds is 3. The van der Waals surface area contributed by atoms with Crippen molar-refractivity contribution >= 4 is 5.91 Å². The van der Waals surface area contributed by atoms with Crippen molar-refractivity contribution in [1.29, 1.82) is 0 Å². The van der Waals surface area contributed by atoms with E-state index in [2.05, 4.69) is 4.90 Å². The van der Waals surface area contributed by atoms with Gasteiger partial charge in [0, 0.05) is 25.1 Å². The topological polar surface area (TPSA) is 40.5 Å². The molecule has 0 atom stereocenters. The zero-order valence-electron chi connectivity index (χ0n) is 9.37. The average molecular weight is 211 g/mol. The van der Waals surface area contributed by atoms with Gasteiger partial charge in [0.25, 0.3) is 0 Å². The molecule has 0 radical (unpaired) electrons. The number of aliphatic hydroxyl groups excluding tert-OH is 1. The smallest absolute Gasteiger partial charge is 0.223 e. The van der Waals surface area contributed by atoms with Crippen molar-refractivity contribution in [3.8, 4) is 0 Å². The first-order chi connectivity index (χ1) is 7.28. The van der Waals surface area contributed by atoms with Crippen LogP contribution in [0.1, 0.15) is 51.4 Å². The van der Waals surface area contributed by atoms with Crippen molar-refractivity contribution in [2.24, 2.45) is 0 Å². The van der Waals surface area contributed by atoms with E-state index >= 15 is 0 Å². The van der Waals surface area contributed by atoms with E-state index in [0.29, 0.717) is 5.91 Å². The lowest BCUT2D eigenvalue weighted by Crippen LogP contribution is -2.47. The standard InChI is InChI=1S/C12H21NO2/c14-10-4-9-13-11(15)5-8-12(13)6-2-1-3-7-12/h14H,1-10H2. The predicted molar refractivity (Wildman–Crippen MR) is 58.5 cm³/mol. The van der Waals surface area contributed by atoms with Crippen LogP contribution in [0.25, 0.3) is 0 Å². The zero-order chi connectivity index (χ0) is 10.7. The van der Waals surface area contributed by atoms with Gasteiger partial charge in [-0.25, -0.2) is 0 Å². The van der Waals surface area contributed by atoms with E-state index in [9.17, 15) is 4.79 Å². The summed E-state index contributed by atoms with van der Waals surface area (Å²) in [4.78, 5) is 13.9. The summed E-state index contributed by atoms with van der Waals surface area (Å²) in [6.45, 7) is 0.954. The van der Waals surface area contributed by atoms with Crippen LogP contribution in [0.4, 0.5) is 0 Å². The molecule has 0 aromatic carbocycles. The Kier molecular flexibility index (Phi) is 3.29. The molecule has 0 bridgehead atoms. The third-order valence-electron chi connectivity index (χ3n) is 4.00. The van der Waals surface area contributed by atoms with Gasteiger partial charge in [0.1, 0.15) is 0 Å². The molecule has 2 aliphatic rings. The summed E-state index contributed by atoms with van der Waals surface area (Å²) in [5.41, 5.74) is 0.185. The second kappa shape index (κ2) is 4.52. The quantitative estimate of drug-likeness (QED) is 0.771. The number of nitrogens with zero attached hydrogens (tertiary/aromatic N) is 1. The van der Waals surface area contributed by atoms with Crippen molar-refractivity contribution in [2.75, 3.05) is 13.2 Å². The van der Waals surface area contributed by atoms with Crippen LogP contribution in [-0.2, 0) is 4.79 Å². The summed E-state index contributed by atoms with van der Waals surface area (Å²) in [7, 11) is 0. The maximum Gasteiger partial charge on any atom is 0.223 e. The Bertz CT molecular complexity index is 234. The van der Waals surface area contributed by atoms with E-state index < -0.39 is 0 Å². The molecule has 3 heteroatoms. The summed E-state index contributed by atoms with van der Waals surface area (Å²) in [6, 6.07) is 0. The molecule has 1 N–H and O–H groups in total. The maximum atomic E-state index is 11.8. The number of carbonyl (C=O) groups is 1. The Hall–Kier alpha value is -0.570. The van der Waals surface area contributed by atoms with Crippen molar-refractivity contribution in [2.45, 2.75) is 56.9 Å². The molecule has 1 saturated carbocycles. The Morgan fingerprint density at radius 2 is 1.93 bits per heavy atom. The maximum absolute atomic E-state index is 11.8. The van der Waals surface area contributed by atoms with Gasteiger partial charge in [-0.2, -0.15) is 0 Å². The van der Waals surface area contributed by atoms with Gasteiger partial charge in [-0.05, 0) is 25.7 Å². The summed E-state index contributed by atoms with van der Waals surface area (Å²) < 4.78 is 0. The van der Waals surface area contributed by atoms with Gasteiger partial charge in [0.2, 0.25) is 5.91 Å². The van der Waals surface area contributed by atoms with Crippen LogP contribution in [0.5, 0.6) is 0 Å². The molecule has 0 aromatic rings. The Morgan fingerprint density at radius 3 is 2.60 bits per heavy atom. The monoisotopic (exact) mass is 211 g/mol. The van der Waals surface area contributed by atoms with Crippen LogP contribution in [0.2, 0.25) is 0 Å². The molecule has 2 rings (SSSR count). The first kappa shape index (κ1) is 10.9. The molecular formula is C12H21NO2. The predicted octanol–water partition coefficient (Wildman–Crippen LogP) is 1.69. The molecule has 0 aromatic heterocycles. The van der Waals surface area contributed by atoms with Crippen LogP contribution in [-0.4, -0.2) is 34.6 Å². The van der Waals surface area contributed by atoms with E-state index in [1.54, 1.807) is 0 Å². The molecule has 1 amide bonds. The first-order valence-electron chi connectivity index (χ1n) is 6.20. The number of amides is 1. The fourth-order valence-electron chi connectivity index (χ4n) is 3.19. The molecule has 1 saturated heterocycles. The molecule has 1 spiro atoms. The highest BCUT2D eigenvalue weighted by Gasteiger charge is 2.44. The van der Waals surface area contributed by atoms with E-state index in [-0.39, 0.29) is 12.1 Å². The lowest BCUT2D eigenvalue weighted by atomic mass is 9.80. The SMILES string of the molecule is O=C1CCC2(CCCCC2)N1CCCO. The molecule has 2 fully saturated rings. The number of likely N-dealkylation sites (tertiary alicyclic amines) is 1. The lowest BCUT2D eigenvalue weighted by Gasteiger charge is -2.41. The fourth-order valence-corrected chi connectivity index (χ4v) is 3.19. The van der Waals surface area contributed by atoms with E-state index in [4.69, 9.17) is 5.11 Å². The van der Waals surface area contributed by atoms with Crippen molar-refractivity contribution in [1.82, 2.24) is 4.90 Å². The third kappa shape index (κ3) is 2.03. The molecule has 15 heavy (non-hydrogen) atoms. The van der Waals surface area contributed by atoms with Crippen molar-refractivity contribution in [3.63, 3.8) is 0 Å². The number of carbonyl (C=O) groups excluding carboxylic acids is 1. The van der Waals surface area contributed by atoms with E-state index in [0.717, 1.165) is 25.8 Å². The van der Waals surface area contributed by atoms with E-state index in [1.165, 1.54) is 32.1 Å². The number of aliphatic hydroxyl groups is 1. The summed E-state index contributed by atoms with van der Waals surface area (Å²) in [5, 5.41) is 8.86. The van der Waals surface area contributed by atoms with Gasteiger partial charge in [-0.1, -0.05) is 19.3 Å². The van der Waals surface area contributed by atoms with Gasteiger partial charge in [0.05, 0.1) is 0 Å². The normalized spacial score (nSPS) is 25.1. The second-order valence-corrected chi connectivity index (χ2v) is 4.91. The zero-order valence-corrected chi connectivity index (χ0v) is 9.37. The summed E-state index contributed by atoms with van der Waals surface area (Å²) in [6.07, 6.45) is 8.74. The number of hydrogen-bond acceptors (Lipinski definition) is 2. The minimum Gasteiger partial charge on any atom is -0.396 e. The second-order valence-electron chi connectivity index (χ2n) is 4.91. The Morgan fingerprint density at radius 1 is 1.20 bits per heavy atom. The summed E-state index contributed by atoms with van der Waals surface area (Å²) >= 11 is 0. The van der Waals surface area contributed by atoms with Gasteiger partial charge >= 0.3 is 0 Å². The van der Waals surface area contributed by atoms with Gasteiger partial charge in [-0.3, -0.25) is 4.79 Å². The minimum atomic E-state index is 0.185. The molecular weight excluding hydrogens is 190 g/mol. The highest BCUT2D eigenvalue weighted by atomic mass is 16.3. The fraction of sp³-hybridized carbons (Fsp3) is 0.917. The van der Waals surface area contributed by atoms with Crippen LogP contribution < -0.4 is 0 Å². The van der Waals surface area contributed by atoms with Crippen LogP contribution in [0.3, 0.4) is 0 Å². The summed E-state index contributed by atoms with van der Waals surface area (Å²) in [5.74, 6) is 0.311. The highest BCUT2D eigenvalue weighted by Crippen LogP contribution is 2.42.